The molecule has 4 aromatic heterocycles. The standard InChI is InChI=1S/2C25H20N2O5.C24H21NO5.C16H14O4.CH3.W/c2*1-14(28)26-17-3-2-4-18(12-17)32-19-6-5-15-11-23-21(10-16(15)9-19)22(13-31-23)20-7-8-24(29)27-25(20)30;1-3-28-24(27)12-18-14-29-23-11-16-7-8-21(9-17(16)10-22(18)23)30-20-6-4-5-19(13-20)25-15(2)26;1-2-19-16(18)8-12-9-20-15-7-10-3-4-13(17)5-11(10)6-14(12)15;;/h2*2-6,9-13,20H,7-8H2,1H3,(H,26,28)(H,27,29,30);4-11,13-14H,3,12H2,1-2H3,(H,25,26);3-7,9,17H,2,8H2,1H3;1H3;/q;;;;-1;. The summed E-state index contributed by atoms with van der Waals surface area (Å²) in [6.07, 6.45) is 8.30. The molecule has 2 unspecified atom stereocenters. The molecule has 0 spiro atoms. The molecule has 6 N–H and O–H groups in total. The fourth-order valence-corrected chi connectivity index (χ4v) is 13.8. The van der Waals surface area contributed by atoms with Gasteiger partial charge in [0.1, 0.15) is 62.6 Å². The fraction of sp³-hybridized carbons (Fsp3) is 0.165. The molecule has 0 aliphatic carbocycles. The van der Waals surface area contributed by atoms with Crippen molar-refractivity contribution in [1.82, 2.24) is 10.6 Å². The van der Waals surface area contributed by atoms with Crippen LogP contribution in [-0.4, -0.2) is 71.6 Å². The van der Waals surface area contributed by atoms with E-state index >= 15 is 0 Å². The van der Waals surface area contributed by atoms with Gasteiger partial charge in [-0.1, -0.05) is 42.5 Å². The Morgan fingerprint density at radius 2 is 0.716 bits per heavy atom. The van der Waals surface area contributed by atoms with E-state index in [0.717, 1.165) is 98.1 Å². The molecule has 0 radical (unpaired) electrons. The third-order valence-electron chi connectivity index (χ3n) is 18.9. The zero-order valence-corrected chi connectivity index (χ0v) is 66.7. The minimum atomic E-state index is -0.414. The van der Waals surface area contributed by atoms with E-state index in [1.807, 2.05) is 146 Å². The number of imide groups is 2. The number of carbonyl (C=O) groups excluding carboxylic acids is 9. The van der Waals surface area contributed by atoms with Crippen LogP contribution in [0, 0.1) is 7.43 Å². The number of piperidine rings is 2. The van der Waals surface area contributed by atoms with Crippen LogP contribution in [0.15, 0.2) is 237 Å². The summed E-state index contributed by atoms with van der Waals surface area (Å²) in [5.41, 5.74) is 7.95. The summed E-state index contributed by atoms with van der Waals surface area (Å²) < 4.78 is 50.6. The Hall–Kier alpha value is -13.9. The maximum Gasteiger partial charge on any atom is 0.310 e. The van der Waals surface area contributed by atoms with E-state index in [0.29, 0.717) is 102 Å². The first-order valence-corrected chi connectivity index (χ1v) is 36.7. The Labute approximate surface area is 677 Å². The van der Waals surface area contributed by atoms with Crippen LogP contribution in [0.1, 0.15) is 94.4 Å². The number of benzene rings is 11. The second kappa shape index (κ2) is 36.3. The number of hydrogen-bond donors (Lipinski definition) is 6. The first-order valence-electron chi connectivity index (χ1n) is 36.7. The number of nitrogens with one attached hydrogen (secondary N) is 5. The van der Waals surface area contributed by atoms with Gasteiger partial charge in [0, 0.05) is 134 Å². The predicted molar refractivity (Wildman–Crippen MR) is 436 cm³/mol. The maximum atomic E-state index is 12.3. The Morgan fingerprint density at radius 1 is 0.397 bits per heavy atom. The molecule has 7 amide bonds. The number of phenols is 1. The van der Waals surface area contributed by atoms with E-state index < -0.39 is 11.8 Å². The molecule has 25 heteroatoms. The number of anilines is 3. The fourth-order valence-electron chi connectivity index (χ4n) is 13.8. The molecule has 2 saturated heterocycles. The van der Waals surface area contributed by atoms with Crippen LogP contribution in [0.4, 0.5) is 17.1 Å². The van der Waals surface area contributed by atoms with Crippen molar-refractivity contribution in [1.29, 1.82) is 0 Å². The van der Waals surface area contributed by atoms with Crippen molar-refractivity contribution in [3.63, 3.8) is 0 Å². The van der Waals surface area contributed by atoms with Crippen LogP contribution in [0.25, 0.3) is 87.0 Å². The van der Waals surface area contributed by atoms with Crippen LogP contribution in [-0.2, 0) is 86.5 Å². The minimum Gasteiger partial charge on any atom is -0.508 e. The van der Waals surface area contributed by atoms with Gasteiger partial charge in [-0.15, -0.1) is 0 Å². The first kappa shape index (κ1) is 81.6. The van der Waals surface area contributed by atoms with Crippen LogP contribution < -0.4 is 40.8 Å². The summed E-state index contributed by atoms with van der Waals surface area (Å²) in [5, 5.41) is 33.7. The molecular formula is C91H78N5O19W-. The van der Waals surface area contributed by atoms with Gasteiger partial charge in [-0.2, -0.15) is 0 Å². The van der Waals surface area contributed by atoms with Crippen LogP contribution >= 0.6 is 0 Å². The van der Waals surface area contributed by atoms with Gasteiger partial charge in [0.05, 0.1) is 62.9 Å². The summed E-state index contributed by atoms with van der Waals surface area (Å²) in [6.45, 7) is 8.65. The molecule has 17 rings (SSSR count). The van der Waals surface area contributed by atoms with Crippen LogP contribution in [0.3, 0.4) is 0 Å². The van der Waals surface area contributed by atoms with Crippen molar-refractivity contribution in [2.75, 3.05) is 29.2 Å². The number of fused-ring (bicyclic) bond motifs is 8. The number of carbonyl (C=O) groups is 9. The summed E-state index contributed by atoms with van der Waals surface area (Å²) in [7, 11) is 0. The molecule has 11 aromatic carbocycles. The van der Waals surface area contributed by atoms with Crippen molar-refractivity contribution in [3.8, 4) is 40.2 Å². The summed E-state index contributed by atoms with van der Waals surface area (Å²) in [4.78, 5) is 105. The van der Waals surface area contributed by atoms with Gasteiger partial charge in [0.15, 0.2) is 0 Å². The maximum absolute atomic E-state index is 12.3. The largest absolute Gasteiger partial charge is 0.508 e. The molecule has 2 fully saturated rings. The SMILES string of the molecule is CC(=O)Nc1cccc(Oc2ccc3cc4occ(C5CCC(=O)NC5=O)c4cc3c2)c1.CC(=O)Nc1cccc(Oc2ccc3cc4occ(C5CCC(=O)NC5=O)c4cc3c2)c1.CCOC(=O)Cc1coc2cc3ccc(O)cc3cc12.CCOC(=O)Cc1coc2cc3ccc(Oc4cccc(NC(C)=O)c4)cc3cc12.[CH3-].[W]. The molecule has 6 heterocycles. The van der Waals surface area contributed by atoms with Gasteiger partial charge in [0.2, 0.25) is 41.4 Å². The third-order valence-corrected chi connectivity index (χ3v) is 18.9. The second-order valence-electron chi connectivity index (χ2n) is 27.3. The number of rotatable bonds is 17. The van der Waals surface area contributed by atoms with E-state index in [1.54, 1.807) is 87.4 Å². The van der Waals surface area contributed by atoms with E-state index in [-0.39, 0.29) is 100 Å². The predicted octanol–water partition coefficient (Wildman–Crippen LogP) is 19.0. The molecule has 0 saturated carbocycles. The Bertz CT molecular complexity index is 6100. The number of esters is 2. The zero-order valence-electron chi connectivity index (χ0n) is 63.8. The average Bonchev–Trinajstić information content (AvgIpc) is 1.57. The molecule has 24 nitrogen and oxygen atoms in total. The zero-order chi connectivity index (χ0) is 79.7. The Balaban J connectivity index is 0.000000144. The van der Waals surface area contributed by atoms with Crippen LogP contribution in [0.5, 0.6) is 40.2 Å². The van der Waals surface area contributed by atoms with Gasteiger partial charge in [0.25, 0.3) is 0 Å². The average molecular weight is 1730 g/mol. The van der Waals surface area contributed by atoms with Crippen molar-refractivity contribution in [3.05, 3.63) is 249 Å². The van der Waals surface area contributed by atoms with Gasteiger partial charge in [-0.25, -0.2) is 0 Å². The van der Waals surface area contributed by atoms with Crippen molar-refractivity contribution >= 4 is 157 Å². The molecule has 2 atom stereocenters. The number of amides is 7. The number of hydrogen-bond acceptors (Lipinski definition) is 19. The third kappa shape index (κ3) is 19.6. The monoisotopic (exact) mass is 1730 g/mol. The molecule has 2 aliphatic heterocycles. The summed E-state index contributed by atoms with van der Waals surface area (Å²) in [6, 6.07) is 59.5. The van der Waals surface area contributed by atoms with Gasteiger partial charge in [-0.3, -0.25) is 53.8 Å². The summed E-state index contributed by atoms with van der Waals surface area (Å²) >= 11 is 0. The Morgan fingerprint density at radius 3 is 1.06 bits per heavy atom. The topological polar surface area (TPSA) is 333 Å². The second-order valence-corrected chi connectivity index (χ2v) is 27.3. The van der Waals surface area contributed by atoms with E-state index in [9.17, 15) is 48.3 Å². The first-order chi connectivity index (χ1) is 55.1. The van der Waals surface area contributed by atoms with Gasteiger partial charge in [-0.05, 0) is 203 Å². The normalized spacial score (nSPS) is 13.7. The van der Waals surface area contributed by atoms with Crippen molar-refractivity contribution < 1.29 is 111 Å². The minimum absolute atomic E-state index is 0. The van der Waals surface area contributed by atoms with E-state index in [4.69, 9.17) is 41.4 Å². The van der Waals surface area contributed by atoms with Crippen molar-refractivity contribution in [2.45, 2.75) is 85.0 Å². The van der Waals surface area contributed by atoms with Gasteiger partial charge < -0.3 is 69.8 Å². The van der Waals surface area contributed by atoms with E-state index in [1.165, 1.54) is 20.8 Å². The molecule has 116 heavy (non-hydrogen) atoms. The number of ether oxygens (including phenoxy) is 5. The number of phenolic OH excluding ortho intramolecular Hbond substituents is 1. The van der Waals surface area contributed by atoms with Crippen LogP contribution in [0.2, 0.25) is 0 Å². The molecule has 0 bridgehead atoms. The molecule has 15 aromatic rings. The van der Waals surface area contributed by atoms with E-state index in [2.05, 4.69) is 26.6 Å². The van der Waals surface area contributed by atoms with Crippen molar-refractivity contribution in [2.24, 2.45) is 0 Å². The molecular weight excluding hydrogens is 1650 g/mol. The Kier molecular flexibility index (Phi) is 25.5. The number of furan rings is 4. The molecule has 588 valence electrons. The van der Waals surface area contributed by atoms with Gasteiger partial charge >= 0.3 is 11.9 Å². The smallest absolute Gasteiger partial charge is 0.310 e. The quantitative estimate of drug-likeness (QED) is 0.0280. The summed E-state index contributed by atoms with van der Waals surface area (Å²) in [5.74, 6) is 1.10. The molecule has 2 aliphatic rings. The number of aromatic hydroxyl groups is 1.